The maximum atomic E-state index is 2.37. The van der Waals surface area contributed by atoms with Crippen molar-refractivity contribution in [1.82, 2.24) is 0 Å². The minimum atomic E-state index is 1.09. The topological polar surface area (TPSA) is 3.24 Å². The van der Waals surface area contributed by atoms with Crippen LogP contribution in [-0.2, 0) is 0 Å². The largest absolute Gasteiger partial charge is 0.311 e. The van der Waals surface area contributed by atoms with Crippen molar-refractivity contribution < 1.29 is 0 Å². The normalized spacial score (nSPS) is 11.3. The highest BCUT2D eigenvalue weighted by molar-refractivity contribution is 6.21. The molecule has 61 heavy (non-hydrogen) atoms. The van der Waals surface area contributed by atoms with Crippen LogP contribution in [0.1, 0.15) is 0 Å². The fraction of sp³-hybridized carbons (Fsp3) is 0. The quantitative estimate of drug-likeness (QED) is 0.139. The Balaban J connectivity index is 0.998. The molecule has 1 heteroatoms. The average Bonchev–Trinajstić information content (AvgIpc) is 3.35. The molecule has 0 heterocycles. The molecule has 0 fully saturated rings. The van der Waals surface area contributed by atoms with Crippen molar-refractivity contribution in [2.75, 3.05) is 4.90 Å². The van der Waals surface area contributed by atoms with E-state index in [0.717, 1.165) is 17.1 Å². The Bertz CT molecular complexity index is 3310. The molecule has 0 saturated carbocycles. The summed E-state index contributed by atoms with van der Waals surface area (Å²) in [6.07, 6.45) is 0. The second-order valence-corrected chi connectivity index (χ2v) is 15.7. The summed E-state index contributed by atoms with van der Waals surface area (Å²) in [6.45, 7) is 0. The molecular formula is C60H41N. The standard InChI is InChI=1S/C60H41N/c1-3-15-42(16-4-1)43-29-35-50(36-30-43)61(52-39-33-46(34-40-52)54-28-14-20-45-17-7-8-23-53(45)54)51-37-31-44(32-38-51)48-21-13-22-49(41-48)60-58-27-12-10-25-56(58)55-24-9-11-26-57(55)59(60)47-18-5-2-6-19-47/h1-41H. The lowest BCUT2D eigenvalue weighted by Crippen LogP contribution is -2.09. The van der Waals surface area contributed by atoms with Crippen LogP contribution in [0.15, 0.2) is 249 Å². The Kier molecular flexibility index (Phi) is 9.26. The van der Waals surface area contributed by atoms with Crippen molar-refractivity contribution >= 4 is 49.4 Å². The number of anilines is 3. The number of benzene rings is 11. The lowest BCUT2D eigenvalue weighted by Gasteiger charge is -2.26. The predicted molar refractivity (Wildman–Crippen MR) is 261 cm³/mol. The van der Waals surface area contributed by atoms with Gasteiger partial charge in [-0.05, 0) is 130 Å². The van der Waals surface area contributed by atoms with Crippen LogP contribution >= 0.6 is 0 Å². The van der Waals surface area contributed by atoms with Crippen LogP contribution in [0, 0.1) is 0 Å². The second kappa shape index (κ2) is 15.6. The number of hydrogen-bond acceptors (Lipinski definition) is 1. The molecule has 0 saturated heterocycles. The molecule has 286 valence electrons. The van der Waals surface area contributed by atoms with Crippen molar-refractivity contribution in [2.24, 2.45) is 0 Å². The molecule has 0 N–H and O–H groups in total. The van der Waals surface area contributed by atoms with Crippen molar-refractivity contribution in [3.8, 4) is 55.6 Å². The molecule has 0 bridgehead atoms. The van der Waals surface area contributed by atoms with Gasteiger partial charge in [-0.25, -0.2) is 0 Å². The summed E-state index contributed by atoms with van der Waals surface area (Å²) in [7, 11) is 0. The number of hydrogen-bond donors (Lipinski definition) is 0. The third kappa shape index (κ3) is 6.73. The van der Waals surface area contributed by atoms with E-state index in [1.165, 1.54) is 88.0 Å². The third-order valence-corrected chi connectivity index (χ3v) is 12.1. The van der Waals surface area contributed by atoms with Gasteiger partial charge in [-0.2, -0.15) is 0 Å². The summed E-state index contributed by atoms with van der Waals surface area (Å²) < 4.78 is 0. The van der Waals surface area contributed by atoms with Gasteiger partial charge in [0.05, 0.1) is 0 Å². The van der Waals surface area contributed by atoms with Crippen LogP contribution in [0.4, 0.5) is 17.1 Å². The summed E-state index contributed by atoms with van der Waals surface area (Å²) in [5.41, 5.74) is 15.4. The van der Waals surface area contributed by atoms with E-state index in [4.69, 9.17) is 0 Å². The van der Waals surface area contributed by atoms with E-state index >= 15 is 0 Å². The van der Waals surface area contributed by atoms with E-state index in [1.54, 1.807) is 0 Å². The molecule has 0 atom stereocenters. The molecule has 0 amide bonds. The van der Waals surface area contributed by atoms with Crippen LogP contribution in [0.3, 0.4) is 0 Å². The van der Waals surface area contributed by atoms with Gasteiger partial charge in [0.1, 0.15) is 0 Å². The lowest BCUT2D eigenvalue weighted by atomic mass is 9.84. The van der Waals surface area contributed by atoms with E-state index in [2.05, 4.69) is 254 Å². The van der Waals surface area contributed by atoms with Gasteiger partial charge in [0.15, 0.2) is 0 Å². The van der Waals surface area contributed by atoms with Gasteiger partial charge < -0.3 is 4.90 Å². The van der Waals surface area contributed by atoms with E-state index in [9.17, 15) is 0 Å². The molecule has 11 aromatic rings. The average molecular weight is 776 g/mol. The van der Waals surface area contributed by atoms with Gasteiger partial charge in [0.2, 0.25) is 0 Å². The first kappa shape index (κ1) is 36.1. The van der Waals surface area contributed by atoms with Gasteiger partial charge >= 0.3 is 0 Å². The van der Waals surface area contributed by atoms with Crippen LogP contribution in [0.25, 0.3) is 88.0 Å². The van der Waals surface area contributed by atoms with Gasteiger partial charge in [-0.1, -0.05) is 206 Å². The van der Waals surface area contributed by atoms with E-state index in [1.807, 2.05) is 0 Å². The molecule has 1 nitrogen and oxygen atoms in total. The van der Waals surface area contributed by atoms with Crippen molar-refractivity contribution in [3.05, 3.63) is 249 Å². The Labute approximate surface area is 357 Å². The minimum Gasteiger partial charge on any atom is -0.311 e. The first-order chi connectivity index (χ1) is 30.3. The first-order valence-electron chi connectivity index (χ1n) is 21.0. The molecule has 11 rings (SSSR count). The number of nitrogens with zero attached hydrogens (tertiary/aromatic N) is 1. The third-order valence-electron chi connectivity index (χ3n) is 12.1. The monoisotopic (exact) mass is 775 g/mol. The fourth-order valence-corrected chi connectivity index (χ4v) is 9.15. The Morgan fingerprint density at radius 3 is 1.18 bits per heavy atom. The fourth-order valence-electron chi connectivity index (χ4n) is 9.15. The maximum absolute atomic E-state index is 2.37. The Hall–Kier alpha value is -8.00. The molecular weight excluding hydrogens is 735 g/mol. The van der Waals surface area contributed by atoms with Gasteiger partial charge in [-0.3, -0.25) is 0 Å². The van der Waals surface area contributed by atoms with Crippen molar-refractivity contribution in [3.63, 3.8) is 0 Å². The molecule has 0 aliphatic carbocycles. The highest BCUT2D eigenvalue weighted by atomic mass is 15.1. The minimum absolute atomic E-state index is 1.09. The number of fused-ring (bicyclic) bond motifs is 4. The number of rotatable bonds is 8. The highest BCUT2D eigenvalue weighted by Gasteiger charge is 2.19. The van der Waals surface area contributed by atoms with Gasteiger partial charge in [-0.15, -0.1) is 0 Å². The molecule has 0 spiro atoms. The molecule has 0 aliphatic rings. The van der Waals surface area contributed by atoms with Crippen molar-refractivity contribution in [2.45, 2.75) is 0 Å². The maximum Gasteiger partial charge on any atom is 0.0462 e. The molecule has 0 unspecified atom stereocenters. The Morgan fingerprint density at radius 1 is 0.213 bits per heavy atom. The smallest absolute Gasteiger partial charge is 0.0462 e. The van der Waals surface area contributed by atoms with Crippen LogP contribution in [0.2, 0.25) is 0 Å². The predicted octanol–water partition coefficient (Wildman–Crippen LogP) is 17.0. The molecule has 0 aliphatic heterocycles. The lowest BCUT2D eigenvalue weighted by molar-refractivity contribution is 1.28. The van der Waals surface area contributed by atoms with Crippen LogP contribution in [-0.4, -0.2) is 0 Å². The van der Waals surface area contributed by atoms with E-state index < -0.39 is 0 Å². The van der Waals surface area contributed by atoms with Crippen LogP contribution < -0.4 is 4.90 Å². The summed E-state index contributed by atoms with van der Waals surface area (Å²) in [5.74, 6) is 0. The van der Waals surface area contributed by atoms with Gasteiger partial charge in [0, 0.05) is 17.1 Å². The summed E-state index contributed by atoms with van der Waals surface area (Å²) in [5, 5.41) is 7.57. The molecule has 11 aromatic carbocycles. The zero-order valence-electron chi connectivity index (χ0n) is 33.6. The molecule has 0 aromatic heterocycles. The van der Waals surface area contributed by atoms with E-state index in [-0.39, 0.29) is 0 Å². The van der Waals surface area contributed by atoms with Gasteiger partial charge in [0.25, 0.3) is 0 Å². The molecule has 0 radical (unpaired) electrons. The van der Waals surface area contributed by atoms with E-state index in [0.29, 0.717) is 0 Å². The van der Waals surface area contributed by atoms with Crippen LogP contribution in [0.5, 0.6) is 0 Å². The first-order valence-corrected chi connectivity index (χ1v) is 21.0. The second-order valence-electron chi connectivity index (χ2n) is 15.7. The zero-order valence-corrected chi connectivity index (χ0v) is 33.6. The Morgan fingerprint density at radius 2 is 0.590 bits per heavy atom. The summed E-state index contributed by atoms with van der Waals surface area (Å²) >= 11 is 0. The van der Waals surface area contributed by atoms with Crippen molar-refractivity contribution in [1.29, 1.82) is 0 Å². The summed E-state index contributed by atoms with van der Waals surface area (Å²) in [4.78, 5) is 2.36. The summed E-state index contributed by atoms with van der Waals surface area (Å²) in [6, 6.07) is 90.3. The SMILES string of the molecule is c1ccc(-c2ccc(N(c3ccc(-c4cccc(-c5c(-c6ccccc6)c6ccccc6c6ccccc56)c4)cc3)c3ccc(-c4cccc5ccccc45)cc3)cc2)cc1. The zero-order chi connectivity index (χ0) is 40.5. The highest BCUT2D eigenvalue weighted by Crippen LogP contribution is 2.45.